The minimum atomic E-state index is -0.272. The number of cyclic esters (lactones) is 1. The zero-order chi connectivity index (χ0) is 8.39. The molecule has 0 aromatic carbocycles. The molecule has 12 heavy (non-hydrogen) atoms. The number of amides is 1. The Morgan fingerprint density at radius 3 is 2.67 bits per heavy atom. The van der Waals surface area contributed by atoms with Crippen molar-refractivity contribution in [3.8, 4) is 0 Å². The third-order valence-corrected chi connectivity index (χ3v) is 2.50. The molecule has 2 saturated heterocycles. The summed E-state index contributed by atoms with van der Waals surface area (Å²) in [5.41, 5.74) is 0. The van der Waals surface area contributed by atoms with E-state index >= 15 is 0 Å². The predicted molar refractivity (Wildman–Crippen MR) is 41.8 cm³/mol. The number of carbonyl (C=O) groups excluding carboxylic acids is 1. The van der Waals surface area contributed by atoms with Crippen molar-refractivity contribution in [2.45, 2.75) is 18.9 Å². The second kappa shape index (κ2) is 3.31. The molecule has 2 fully saturated rings. The van der Waals surface area contributed by atoms with Gasteiger partial charge in [-0.3, -0.25) is 0 Å². The highest BCUT2D eigenvalue weighted by Crippen LogP contribution is 2.22. The fourth-order valence-corrected chi connectivity index (χ4v) is 1.76. The summed E-state index contributed by atoms with van der Waals surface area (Å²) in [5.74, 6) is 0.498. The van der Waals surface area contributed by atoms with Gasteiger partial charge >= 0.3 is 6.09 Å². The summed E-state index contributed by atoms with van der Waals surface area (Å²) in [6, 6.07) is 0. The van der Waals surface area contributed by atoms with Crippen LogP contribution in [0.2, 0.25) is 0 Å². The molecular formula is C8H13NO3. The quantitative estimate of drug-likeness (QED) is 0.625. The van der Waals surface area contributed by atoms with E-state index in [2.05, 4.69) is 5.32 Å². The fourth-order valence-electron chi connectivity index (χ4n) is 1.76. The maximum absolute atomic E-state index is 10.7. The molecule has 2 aliphatic heterocycles. The number of nitrogens with one attached hydrogen (secondary N) is 1. The van der Waals surface area contributed by atoms with Crippen molar-refractivity contribution in [2.75, 3.05) is 19.8 Å². The second-order valence-electron chi connectivity index (χ2n) is 3.27. The Balaban J connectivity index is 1.86. The van der Waals surface area contributed by atoms with E-state index in [1.807, 2.05) is 0 Å². The highest BCUT2D eigenvalue weighted by molar-refractivity contribution is 5.69. The molecule has 2 aliphatic rings. The van der Waals surface area contributed by atoms with E-state index in [0.29, 0.717) is 12.5 Å². The van der Waals surface area contributed by atoms with Gasteiger partial charge < -0.3 is 14.8 Å². The summed E-state index contributed by atoms with van der Waals surface area (Å²) in [7, 11) is 0. The average Bonchev–Trinajstić information content (AvgIpc) is 2.54. The number of ether oxygens (including phenoxy) is 2. The first kappa shape index (κ1) is 7.86. The highest BCUT2D eigenvalue weighted by Gasteiger charge is 2.31. The van der Waals surface area contributed by atoms with Gasteiger partial charge in [-0.25, -0.2) is 4.79 Å². The summed E-state index contributed by atoms with van der Waals surface area (Å²) < 4.78 is 10.3. The summed E-state index contributed by atoms with van der Waals surface area (Å²) >= 11 is 0. The molecule has 2 rings (SSSR count). The van der Waals surface area contributed by atoms with Crippen LogP contribution >= 0.6 is 0 Å². The minimum absolute atomic E-state index is 0.0846. The normalized spacial score (nSPS) is 31.3. The average molecular weight is 171 g/mol. The predicted octanol–water partition coefficient (Wildman–Crippen LogP) is 0.521. The van der Waals surface area contributed by atoms with Crippen molar-refractivity contribution in [1.29, 1.82) is 0 Å². The second-order valence-corrected chi connectivity index (χ2v) is 3.27. The monoisotopic (exact) mass is 171 g/mol. The van der Waals surface area contributed by atoms with E-state index in [-0.39, 0.29) is 12.2 Å². The Kier molecular flexibility index (Phi) is 2.17. The number of hydrogen-bond acceptors (Lipinski definition) is 3. The van der Waals surface area contributed by atoms with Crippen molar-refractivity contribution in [3.05, 3.63) is 0 Å². The molecule has 0 aromatic rings. The molecule has 1 unspecified atom stereocenters. The van der Waals surface area contributed by atoms with Crippen LogP contribution in [0, 0.1) is 5.92 Å². The van der Waals surface area contributed by atoms with Crippen LogP contribution in [-0.2, 0) is 9.47 Å². The molecule has 0 saturated carbocycles. The van der Waals surface area contributed by atoms with Crippen molar-refractivity contribution in [1.82, 2.24) is 5.32 Å². The highest BCUT2D eigenvalue weighted by atomic mass is 16.6. The van der Waals surface area contributed by atoms with E-state index in [0.717, 1.165) is 26.1 Å². The van der Waals surface area contributed by atoms with E-state index in [1.165, 1.54) is 0 Å². The van der Waals surface area contributed by atoms with Gasteiger partial charge in [0, 0.05) is 19.1 Å². The van der Waals surface area contributed by atoms with Crippen LogP contribution in [0.3, 0.4) is 0 Å². The van der Waals surface area contributed by atoms with Gasteiger partial charge in [-0.2, -0.15) is 0 Å². The smallest absolute Gasteiger partial charge is 0.407 e. The zero-order valence-electron chi connectivity index (χ0n) is 6.91. The SMILES string of the molecule is O=C1NCC(C2CCOCC2)O1. The van der Waals surface area contributed by atoms with E-state index in [9.17, 15) is 4.79 Å². The van der Waals surface area contributed by atoms with Gasteiger partial charge in [0.2, 0.25) is 0 Å². The summed E-state index contributed by atoms with van der Waals surface area (Å²) in [4.78, 5) is 10.7. The van der Waals surface area contributed by atoms with Gasteiger partial charge in [0.1, 0.15) is 6.10 Å². The van der Waals surface area contributed by atoms with Gasteiger partial charge in [0.15, 0.2) is 0 Å². The zero-order valence-corrected chi connectivity index (χ0v) is 6.91. The van der Waals surface area contributed by atoms with Crippen molar-refractivity contribution < 1.29 is 14.3 Å². The van der Waals surface area contributed by atoms with Gasteiger partial charge in [-0.05, 0) is 12.8 Å². The third-order valence-electron chi connectivity index (χ3n) is 2.50. The Labute approximate surface area is 71.2 Å². The molecule has 1 N–H and O–H groups in total. The maximum atomic E-state index is 10.7. The van der Waals surface area contributed by atoms with Crippen LogP contribution in [0.4, 0.5) is 4.79 Å². The molecule has 0 spiro atoms. The molecule has 68 valence electrons. The van der Waals surface area contributed by atoms with Crippen LogP contribution in [0.15, 0.2) is 0 Å². The molecule has 4 nitrogen and oxygen atoms in total. The largest absolute Gasteiger partial charge is 0.444 e. The van der Waals surface area contributed by atoms with Crippen LogP contribution in [0.5, 0.6) is 0 Å². The molecular weight excluding hydrogens is 158 g/mol. The number of alkyl carbamates (subject to hydrolysis) is 1. The molecule has 0 aromatic heterocycles. The Morgan fingerprint density at radius 1 is 1.33 bits per heavy atom. The lowest BCUT2D eigenvalue weighted by Gasteiger charge is -2.25. The lowest BCUT2D eigenvalue weighted by Crippen LogP contribution is -2.29. The van der Waals surface area contributed by atoms with Gasteiger partial charge in [-0.15, -0.1) is 0 Å². The van der Waals surface area contributed by atoms with E-state index in [4.69, 9.17) is 9.47 Å². The molecule has 0 radical (unpaired) electrons. The molecule has 0 aliphatic carbocycles. The third kappa shape index (κ3) is 1.53. The topological polar surface area (TPSA) is 47.6 Å². The first-order valence-electron chi connectivity index (χ1n) is 4.38. The lowest BCUT2D eigenvalue weighted by molar-refractivity contribution is 0.0169. The van der Waals surface area contributed by atoms with Crippen LogP contribution < -0.4 is 5.32 Å². The molecule has 2 heterocycles. The maximum Gasteiger partial charge on any atom is 0.407 e. The first-order valence-corrected chi connectivity index (χ1v) is 4.38. The van der Waals surface area contributed by atoms with Crippen LogP contribution in [0.25, 0.3) is 0 Å². The first-order chi connectivity index (χ1) is 5.86. The minimum Gasteiger partial charge on any atom is -0.444 e. The summed E-state index contributed by atoms with van der Waals surface area (Å²) in [6.45, 7) is 2.28. The Morgan fingerprint density at radius 2 is 2.08 bits per heavy atom. The Hall–Kier alpha value is -0.770. The van der Waals surface area contributed by atoms with E-state index < -0.39 is 0 Å². The standard InChI is InChI=1S/C8H13NO3/c10-8-9-5-7(12-8)6-1-3-11-4-2-6/h6-7H,1-5H2,(H,9,10). The Bertz CT molecular complexity index is 177. The molecule has 1 amide bonds. The van der Waals surface area contributed by atoms with Crippen LogP contribution in [-0.4, -0.2) is 32.0 Å². The molecule has 4 heteroatoms. The van der Waals surface area contributed by atoms with Crippen LogP contribution in [0.1, 0.15) is 12.8 Å². The summed E-state index contributed by atoms with van der Waals surface area (Å²) in [5, 5.41) is 2.66. The van der Waals surface area contributed by atoms with Gasteiger partial charge in [0.25, 0.3) is 0 Å². The lowest BCUT2D eigenvalue weighted by atomic mass is 9.94. The summed E-state index contributed by atoms with van der Waals surface area (Å²) in [6.07, 6.45) is 1.84. The van der Waals surface area contributed by atoms with Gasteiger partial charge in [0.05, 0.1) is 6.54 Å². The molecule has 1 atom stereocenters. The number of hydrogen-bond donors (Lipinski definition) is 1. The number of rotatable bonds is 1. The molecule has 0 bridgehead atoms. The van der Waals surface area contributed by atoms with Crippen molar-refractivity contribution >= 4 is 6.09 Å². The van der Waals surface area contributed by atoms with Gasteiger partial charge in [-0.1, -0.05) is 0 Å². The number of carbonyl (C=O) groups is 1. The van der Waals surface area contributed by atoms with E-state index in [1.54, 1.807) is 0 Å². The van der Waals surface area contributed by atoms with Crippen molar-refractivity contribution in [3.63, 3.8) is 0 Å². The van der Waals surface area contributed by atoms with Crippen molar-refractivity contribution in [2.24, 2.45) is 5.92 Å². The fraction of sp³-hybridized carbons (Fsp3) is 0.875.